The van der Waals surface area contributed by atoms with Crippen LogP contribution in [-0.4, -0.2) is 42.7 Å². The summed E-state index contributed by atoms with van der Waals surface area (Å²) in [5.74, 6) is 0.778. The first-order valence-electron chi connectivity index (χ1n) is 5.48. The molecular formula is C12H16N2O4. The van der Waals surface area contributed by atoms with Gasteiger partial charge in [-0.05, 0) is 24.1 Å². The molecule has 6 nitrogen and oxygen atoms in total. The number of carboxylic acid groups (broad SMARTS) is 1. The summed E-state index contributed by atoms with van der Waals surface area (Å²) in [6.45, 7) is 0.254. The van der Waals surface area contributed by atoms with Gasteiger partial charge in [0.15, 0.2) is 0 Å². The van der Waals surface area contributed by atoms with Crippen molar-refractivity contribution in [3.05, 3.63) is 29.8 Å². The molecule has 18 heavy (non-hydrogen) atoms. The number of nitrogens with one attached hydrogen (secondary N) is 1. The Morgan fingerprint density at radius 1 is 1.44 bits per heavy atom. The van der Waals surface area contributed by atoms with Crippen molar-refractivity contribution in [1.82, 2.24) is 10.4 Å². The van der Waals surface area contributed by atoms with Crippen molar-refractivity contribution in [3.8, 4) is 5.75 Å². The van der Waals surface area contributed by atoms with Gasteiger partial charge in [-0.2, -0.15) is 0 Å². The van der Waals surface area contributed by atoms with Gasteiger partial charge in [-0.3, -0.25) is 0 Å². The molecule has 0 saturated heterocycles. The number of hydrazine groups is 1. The molecular weight excluding hydrogens is 236 g/mol. The monoisotopic (exact) mass is 252 g/mol. The van der Waals surface area contributed by atoms with Crippen LogP contribution >= 0.6 is 0 Å². The van der Waals surface area contributed by atoms with Gasteiger partial charge in [0.05, 0.1) is 13.7 Å². The van der Waals surface area contributed by atoms with Crippen molar-refractivity contribution in [2.24, 2.45) is 0 Å². The number of hydrogen-bond acceptors (Lipinski definition) is 4. The number of carbonyl (C=O) groups excluding carboxylic acids is 1. The molecule has 0 unspecified atom stereocenters. The van der Waals surface area contributed by atoms with E-state index in [1.807, 2.05) is 24.3 Å². The third-order valence-electron chi connectivity index (χ3n) is 2.36. The summed E-state index contributed by atoms with van der Waals surface area (Å²) in [6, 6.07) is 7.50. The standard InChI is InChI=1S/C12H16N2O4/c1-18-11-4-2-10(3-5-11)6-7-13-14(8-9-15)12(16)17/h2-5,9,13H,6-8H2,1H3,(H,16,17). The Labute approximate surface area is 105 Å². The van der Waals surface area contributed by atoms with Crippen LogP contribution in [0.2, 0.25) is 0 Å². The van der Waals surface area contributed by atoms with E-state index in [-0.39, 0.29) is 6.54 Å². The Bertz CT molecular complexity index is 392. The van der Waals surface area contributed by atoms with Crippen LogP contribution in [0, 0.1) is 0 Å². The van der Waals surface area contributed by atoms with E-state index in [1.165, 1.54) is 0 Å². The number of nitrogens with zero attached hydrogens (tertiary/aromatic N) is 1. The summed E-state index contributed by atoms with van der Waals surface area (Å²) in [7, 11) is 1.60. The molecule has 0 aliphatic rings. The number of benzene rings is 1. The smallest absolute Gasteiger partial charge is 0.422 e. The van der Waals surface area contributed by atoms with Crippen molar-refractivity contribution in [1.29, 1.82) is 0 Å². The molecule has 0 fully saturated rings. The zero-order valence-electron chi connectivity index (χ0n) is 10.1. The Hall–Kier alpha value is -2.08. The van der Waals surface area contributed by atoms with Gasteiger partial charge in [0.25, 0.3) is 0 Å². The van der Waals surface area contributed by atoms with E-state index in [2.05, 4.69) is 5.43 Å². The van der Waals surface area contributed by atoms with Crippen molar-refractivity contribution < 1.29 is 19.4 Å². The summed E-state index contributed by atoms with van der Waals surface area (Å²) in [6.07, 6.45) is 0.0260. The van der Waals surface area contributed by atoms with Gasteiger partial charge in [0.2, 0.25) is 0 Å². The quantitative estimate of drug-likeness (QED) is 0.557. The van der Waals surface area contributed by atoms with Crippen LogP contribution in [-0.2, 0) is 11.2 Å². The molecule has 0 aliphatic heterocycles. The Balaban J connectivity index is 2.39. The van der Waals surface area contributed by atoms with Crippen LogP contribution in [0.5, 0.6) is 5.75 Å². The minimum Gasteiger partial charge on any atom is -0.497 e. The van der Waals surface area contributed by atoms with E-state index in [1.54, 1.807) is 7.11 Å². The molecule has 0 spiro atoms. The highest BCUT2D eigenvalue weighted by Crippen LogP contribution is 2.11. The Morgan fingerprint density at radius 3 is 2.61 bits per heavy atom. The maximum absolute atomic E-state index is 10.7. The molecule has 0 heterocycles. The first kappa shape index (κ1) is 14.0. The zero-order chi connectivity index (χ0) is 13.4. The van der Waals surface area contributed by atoms with E-state index in [0.29, 0.717) is 19.3 Å². The van der Waals surface area contributed by atoms with Gasteiger partial charge in [-0.25, -0.2) is 15.2 Å². The number of carbonyl (C=O) groups is 2. The Kier molecular flexibility index (Phi) is 5.66. The van der Waals surface area contributed by atoms with Crippen LogP contribution < -0.4 is 10.2 Å². The lowest BCUT2D eigenvalue weighted by Crippen LogP contribution is -2.44. The topological polar surface area (TPSA) is 78.9 Å². The summed E-state index contributed by atoms with van der Waals surface area (Å²) in [5.41, 5.74) is 3.72. The predicted octanol–water partition coefficient (Wildman–Crippen LogP) is 0.921. The van der Waals surface area contributed by atoms with Crippen LogP contribution in [0.4, 0.5) is 4.79 Å². The first-order chi connectivity index (χ1) is 8.67. The number of methoxy groups -OCH3 is 1. The molecule has 1 rings (SSSR count). The second-order valence-corrected chi connectivity index (χ2v) is 3.57. The highest BCUT2D eigenvalue weighted by Gasteiger charge is 2.09. The second-order valence-electron chi connectivity index (χ2n) is 3.57. The molecule has 0 bridgehead atoms. The lowest BCUT2D eigenvalue weighted by Gasteiger charge is -2.17. The zero-order valence-corrected chi connectivity index (χ0v) is 10.1. The van der Waals surface area contributed by atoms with Crippen molar-refractivity contribution in [2.75, 3.05) is 20.2 Å². The molecule has 0 saturated carbocycles. The largest absolute Gasteiger partial charge is 0.497 e. The summed E-state index contributed by atoms with van der Waals surface area (Å²) in [5, 5.41) is 9.62. The van der Waals surface area contributed by atoms with Crippen LogP contribution in [0.25, 0.3) is 0 Å². The minimum atomic E-state index is -1.17. The number of rotatable bonds is 7. The average molecular weight is 252 g/mol. The summed E-state index contributed by atoms with van der Waals surface area (Å²) >= 11 is 0. The molecule has 1 amide bonds. The molecule has 0 aromatic heterocycles. The second kappa shape index (κ2) is 7.29. The average Bonchev–Trinajstić information content (AvgIpc) is 2.38. The molecule has 0 atom stereocenters. The third-order valence-corrected chi connectivity index (χ3v) is 2.36. The van der Waals surface area contributed by atoms with Crippen LogP contribution in [0.15, 0.2) is 24.3 Å². The lowest BCUT2D eigenvalue weighted by molar-refractivity contribution is -0.109. The van der Waals surface area contributed by atoms with Gasteiger partial charge in [0, 0.05) is 6.54 Å². The minimum absolute atomic E-state index is 0.183. The Morgan fingerprint density at radius 2 is 2.11 bits per heavy atom. The van der Waals surface area contributed by atoms with Crippen LogP contribution in [0.1, 0.15) is 5.56 Å². The molecule has 0 aliphatic carbocycles. The predicted molar refractivity (Wildman–Crippen MR) is 65.5 cm³/mol. The van der Waals surface area contributed by atoms with Crippen LogP contribution in [0.3, 0.4) is 0 Å². The molecule has 1 aromatic carbocycles. The van der Waals surface area contributed by atoms with Crippen molar-refractivity contribution >= 4 is 12.4 Å². The van der Waals surface area contributed by atoms with Crippen molar-refractivity contribution in [2.45, 2.75) is 6.42 Å². The van der Waals surface area contributed by atoms with Gasteiger partial charge >= 0.3 is 6.09 Å². The summed E-state index contributed by atoms with van der Waals surface area (Å²) in [4.78, 5) is 21.0. The third kappa shape index (κ3) is 4.42. The number of hydrogen-bond donors (Lipinski definition) is 2. The van der Waals surface area contributed by atoms with Gasteiger partial charge in [-0.1, -0.05) is 12.1 Å². The van der Waals surface area contributed by atoms with Gasteiger partial charge in [-0.15, -0.1) is 0 Å². The SMILES string of the molecule is COc1ccc(CCNN(CC=O)C(=O)O)cc1. The molecule has 6 heteroatoms. The number of ether oxygens (including phenoxy) is 1. The van der Waals surface area contributed by atoms with E-state index in [9.17, 15) is 9.59 Å². The highest BCUT2D eigenvalue weighted by atomic mass is 16.5. The fourth-order valence-electron chi connectivity index (χ4n) is 1.41. The normalized spacial score (nSPS) is 9.83. The van der Waals surface area contributed by atoms with E-state index in [4.69, 9.17) is 9.84 Å². The molecule has 0 radical (unpaired) electrons. The fourth-order valence-corrected chi connectivity index (χ4v) is 1.41. The maximum Gasteiger partial charge on any atom is 0.422 e. The first-order valence-corrected chi connectivity index (χ1v) is 5.48. The number of amides is 1. The van der Waals surface area contributed by atoms with Gasteiger partial charge < -0.3 is 14.6 Å². The van der Waals surface area contributed by atoms with Crippen molar-refractivity contribution in [3.63, 3.8) is 0 Å². The number of aldehydes is 1. The molecule has 98 valence electrons. The molecule has 1 aromatic rings. The highest BCUT2D eigenvalue weighted by molar-refractivity contribution is 5.68. The maximum atomic E-state index is 10.7. The van der Waals surface area contributed by atoms with E-state index < -0.39 is 6.09 Å². The molecule has 2 N–H and O–H groups in total. The van der Waals surface area contributed by atoms with E-state index >= 15 is 0 Å². The van der Waals surface area contributed by atoms with Gasteiger partial charge in [0.1, 0.15) is 12.0 Å². The summed E-state index contributed by atoms with van der Waals surface area (Å²) < 4.78 is 5.03. The lowest BCUT2D eigenvalue weighted by atomic mass is 10.1. The fraction of sp³-hybridized carbons (Fsp3) is 0.333. The van der Waals surface area contributed by atoms with E-state index in [0.717, 1.165) is 16.3 Å².